The number of halogens is 1. The molecule has 1 heterocycles. The molecule has 3 rings (SSSR count). The molecule has 3 aromatic rings. The number of aromatic nitrogens is 1. The Kier molecular flexibility index (Phi) is 5.31. The van der Waals surface area contributed by atoms with Gasteiger partial charge < -0.3 is 9.30 Å². The molecule has 0 unspecified atom stereocenters. The molecule has 0 radical (unpaired) electrons. The molecule has 7 heteroatoms. The van der Waals surface area contributed by atoms with E-state index in [1.165, 1.54) is 18.4 Å². The largest absolute Gasteiger partial charge is 0.469 e. The molecular formula is C18H15ClN2O3S. The number of para-hydroxylation sites is 1. The quantitative estimate of drug-likeness (QED) is 0.655. The SMILES string of the molecule is COC(=O)CCn1c(=NC(=O)c2cccc(Cl)c2)sc2ccccc21. The summed E-state index contributed by atoms with van der Waals surface area (Å²) in [6.07, 6.45) is 0.204. The number of aryl methyl sites for hydroxylation is 1. The van der Waals surface area contributed by atoms with Gasteiger partial charge in [0.2, 0.25) is 0 Å². The van der Waals surface area contributed by atoms with Crippen molar-refractivity contribution >= 4 is 45.0 Å². The van der Waals surface area contributed by atoms with Crippen LogP contribution in [-0.2, 0) is 16.1 Å². The van der Waals surface area contributed by atoms with Gasteiger partial charge in [-0.3, -0.25) is 9.59 Å². The third kappa shape index (κ3) is 3.97. The lowest BCUT2D eigenvalue weighted by Crippen LogP contribution is -2.19. The molecule has 0 saturated heterocycles. The highest BCUT2D eigenvalue weighted by molar-refractivity contribution is 7.16. The minimum Gasteiger partial charge on any atom is -0.469 e. The van der Waals surface area contributed by atoms with Crippen LogP contribution in [0.2, 0.25) is 5.02 Å². The van der Waals surface area contributed by atoms with Crippen LogP contribution in [0.15, 0.2) is 53.5 Å². The average Bonchev–Trinajstić information content (AvgIpc) is 2.96. The number of carbonyl (C=O) groups is 2. The summed E-state index contributed by atoms with van der Waals surface area (Å²) in [7, 11) is 1.35. The Morgan fingerprint density at radius 2 is 2.00 bits per heavy atom. The van der Waals surface area contributed by atoms with Crippen LogP contribution in [0.3, 0.4) is 0 Å². The minimum absolute atomic E-state index is 0.204. The van der Waals surface area contributed by atoms with Crippen molar-refractivity contribution in [3.8, 4) is 0 Å². The first-order valence-corrected chi connectivity index (χ1v) is 8.78. The Morgan fingerprint density at radius 3 is 2.76 bits per heavy atom. The van der Waals surface area contributed by atoms with Gasteiger partial charge in [0.15, 0.2) is 4.80 Å². The van der Waals surface area contributed by atoms with Gasteiger partial charge in [-0.15, -0.1) is 0 Å². The smallest absolute Gasteiger partial charge is 0.307 e. The van der Waals surface area contributed by atoms with E-state index in [1.807, 2.05) is 28.8 Å². The van der Waals surface area contributed by atoms with E-state index >= 15 is 0 Å². The topological polar surface area (TPSA) is 60.7 Å². The van der Waals surface area contributed by atoms with Crippen LogP contribution in [-0.4, -0.2) is 23.6 Å². The van der Waals surface area contributed by atoms with E-state index in [-0.39, 0.29) is 18.3 Å². The number of rotatable bonds is 4. The number of hydrogen-bond donors (Lipinski definition) is 0. The Hall–Kier alpha value is -2.44. The van der Waals surface area contributed by atoms with Crippen LogP contribution >= 0.6 is 22.9 Å². The third-order valence-electron chi connectivity index (χ3n) is 3.62. The van der Waals surface area contributed by atoms with Crippen LogP contribution in [0, 0.1) is 0 Å². The van der Waals surface area contributed by atoms with Crippen molar-refractivity contribution in [3.05, 3.63) is 63.9 Å². The van der Waals surface area contributed by atoms with Crippen molar-refractivity contribution in [1.29, 1.82) is 0 Å². The second kappa shape index (κ2) is 7.63. The van der Waals surface area contributed by atoms with Crippen LogP contribution in [0.25, 0.3) is 10.2 Å². The Balaban J connectivity index is 2.05. The molecule has 0 fully saturated rings. The van der Waals surface area contributed by atoms with Gasteiger partial charge in [0.25, 0.3) is 5.91 Å². The number of methoxy groups -OCH3 is 1. The maximum Gasteiger partial charge on any atom is 0.307 e. The Morgan fingerprint density at radius 1 is 1.20 bits per heavy atom. The first-order chi connectivity index (χ1) is 12.1. The van der Waals surface area contributed by atoms with Crippen molar-refractivity contribution in [3.63, 3.8) is 0 Å². The molecule has 0 aliphatic carbocycles. The van der Waals surface area contributed by atoms with Gasteiger partial charge in [0, 0.05) is 17.1 Å². The molecular weight excluding hydrogens is 360 g/mol. The highest BCUT2D eigenvalue weighted by Gasteiger charge is 2.11. The lowest BCUT2D eigenvalue weighted by atomic mass is 10.2. The summed E-state index contributed by atoms with van der Waals surface area (Å²) in [4.78, 5) is 28.7. The van der Waals surface area contributed by atoms with E-state index < -0.39 is 0 Å². The summed E-state index contributed by atoms with van der Waals surface area (Å²) in [6.45, 7) is 0.387. The second-order valence-corrected chi connectivity index (χ2v) is 6.70. The predicted molar refractivity (Wildman–Crippen MR) is 97.8 cm³/mol. The van der Waals surface area contributed by atoms with Crippen LogP contribution in [0.5, 0.6) is 0 Å². The lowest BCUT2D eigenvalue weighted by Gasteiger charge is -2.04. The molecule has 0 aliphatic heterocycles. The fourth-order valence-electron chi connectivity index (χ4n) is 2.40. The summed E-state index contributed by atoms with van der Waals surface area (Å²) in [5.74, 6) is -0.684. The molecule has 2 aromatic carbocycles. The van der Waals surface area contributed by atoms with E-state index in [4.69, 9.17) is 16.3 Å². The van der Waals surface area contributed by atoms with Crippen molar-refractivity contribution in [2.45, 2.75) is 13.0 Å². The number of nitrogens with zero attached hydrogens (tertiary/aromatic N) is 2. The molecule has 0 aliphatic rings. The van der Waals surface area contributed by atoms with Crippen LogP contribution in [0.1, 0.15) is 16.8 Å². The van der Waals surface area contributed by atoms with Crippen molar-refractivity contribution in [2.24, 2.45) is 4.99 Å². The molecule has 0 saturated carbocycles. The number of benzene rings is 2. The highest BCUT2D eigenvalue weighted by Crippen LogP contribution is 2.18. The minimum atomic E-state index is -0.374. The summed E-state index contributed by atoms with van der Waals surface area (Å²) in [5, 5.41) is 0.482. The molecule has 0 atom stereocenters. The summed E-state index contributed by atoms with van der Waals surface area (Å²) >= 11 is 7.34. The maximum atomic E-state index is 12.5. The monoisotopic (exact) mass is 374 g/mol. The zero-order valence-electron chi connectivity index (χ0n) is 13.4. The summed E-state index contributed by atoms with van der Waals surface area (Å²) in [5.41, 5.74) is 1.35. The van der Waals surface area contributed by atoms with Gasteiger partial charge in [-0.1, -0.05) is 41.1 Å². The second-order valence-electron chi connectivity index (χ2n) is 5.26. The number of carbonyl (C=O) groups excluding carboxylic acids is 2. The zero-order chi connectivity index (χ0) is 17.8. The fourth-order valence-corrected chi connectivity index (χ4v) is 3.65. The molecule has 1 aromatic heterocycles. The highest BCUT2D eigenvalue weighted by atomic mass is 35.5. The molecule has 0 bridgehead atoms. The van der Waals surface area contributed by atoms with Gasteiger partial charge in [0.1, 0.15) is 0 Å². The molecule has 5 nitrogen and oxygen atoms in total. The van der Waals surface area contributed by atoms with Gasteiger partial charge in [-0.05, 0) is 30.3 Å². The van der Waals surface area contributed by atoms with Gasteiger partial charge in [-0.25, -0.2) is 0 Å². The lowest BCUT2D eigenvalue weighted by molar-refractivity contribution is -0.140. The van der Waals surface area contributed by atoms with Crippen molar-refractivity contribution in [2.75, 3.05) is 7.11 Å². The standard InChI is InChI=1S/C18H15ClN2O3S/c1-24-16(22)9-10-21-14-7-2-3-8-15(14)25-18(21)20-17(23)12-5-4-6-13(19)11-12/h2-8,11H,9-10H2,1H3. The molecule has 0 N–H and O–H groups in total. The molecule has 1 amide bonds. The van der Waals surface area contributed by atoms with Gasteiger partial charge >= 0.3 is 5.97 Å². The first kappa shape index (κ1) is 17.4. The van der Waals surface area contributed by atoms with E-state index in [9.17, 15) is 9.59 Å². The van der Waals surface area contributed by atoms with Gasteiger partial charge in [0.05, 0.1) is 23.7 Å². The van der Waals surface area contributed by atoms with Crippen LogP contribution in [0.4, 0.5) is 0 Å². The van der Waals surface area contributed by atoms with Crippen LogP contribution < -0.4 is 4.80 Å². The number of esters is 1. The van der Waals surface area contributed by atoms with E-state index in [2.05, 4.69) is 4.99 Å². The Labute approximate surface area is 153 Å². The number of thiazole rings is 1. The number of ether oxygens (including phenoxy) is 1. The van der Waals surface area contributed by atoms with E-state index in [0.29, 0.717) is 21.9 Å². The molecule has 25 heavy (non-hydrogen) atoms. The normalized spacial score (nSPS) is 11.7. The molecule has 128 valence electrons. The van der Waals surface area contributed by atoms with E-state index in [0.717, 1.165) is 10.2 Å². The number of hydrogen-bond acceptors (Lipinski definition) is 4. The fraction of sp³-hybridized carbons (Fsp3) is 0.167. The molecule has 0 spiro atoms. The average molecular weight is 375 g/mol. The van der Waals surface area contributed by atoms with Gasteiger partial charge in [-0.2, -0.15) is 4.99 Å². The summed E-state index contributed by atoms with van der Waals surface area (Å²) < 4.78 is 7.55. The summed E-state index contributed by atoms with van der Waals surface area (Å²) in [6, 6.07) is 14.4. The van der Waals surface area contributed by atoms with Crippen molar-refractivity contribution < 1.29 is 14.3 Å². The zero-order valence-corrected chi connectivity index (χ0v) is 15.0. The predicted octanol–water partition coefficient (Wildman–Crippen LogP) is 3.66. The third-order valence-corrected chi connectivity index (χ3v) is 4.92. The Bertz CT molecular complexity index is 1010. The van der Waals surface area contributed by atoms with Crippen molar-refractivity contribution in [1.82, 2.24) is 4.57 Å². The van der Waals surface area contributed by atoms with E-state index in [1.54, 1.807) is 24.3 Å². The first-order valence-electron chi connectivity index (χ1n) is 7.58. The number of fused-ring (bicyclic) bond motifs is 1. The maximum absolute atomic E-state index is 12.5. The number of amides is 1.